The normalized spacial score (nSPS) is 24.2. The summed E-state index contributed by atoms with van der Waals surface area (Å²) in [5.74, 6) is 0.690. The molecule has 1 atom stereocenters. The van der Waals surface area contributed by atoms with Crippen molar-refractivity contribution in [2.75, 3.05) is 7.05 Å². The van der Waals surface area contributed by atoms with E-state index in [1.807, 2.05) is 0 Å². The van der Waals surface area contributed by atoms with Gasteiger partial charge in [-0.05, 0) is 43.2 Å². The van der Waals surface area contributed by atoms with E-state index in [1.54, 1.807) is 0 Å². The molecule has 1 aliphatic heterocycles. The summed E-state index contributed by atoms with van der Waals surface area (Å²) in [6, 6.07) is 0.593. The Morgan fingerprint density at radius 1 is 1.33 bits per heavy atom. The summed E-state index contributed by atoms with van der Waals surface area (Å²) in [6.45, 7) is 8.97. The van der Waals surface area contributed by atoms with Crippen LogP contribution in [0.5, 0.6) is 0 Å². The van der Waals surface area contributed by atoms with Crippen molar-refractivity contribution >= 4 is 0 Å². The summed E-state index contributed by atoms with van der Waals surface area (Å²) < 4.78 is 0. The third kappa shape index (κ3) is 1.55. The monoisotopic (exact) mass is 165 g/mol. The van der Waals surface area contributed by atoms with Crippen LogP contribution in [0.2, 0.25) is 0 Å². The van der Waals surface area contributed by atoms with Gasteiger partial charge in [0, 0.05) is 7.05 Å². The minimum atomic E-state index is 0.593. The Kier molecular flexibility index (Phi) is 2.61. The molecule has 0 saturated heterocycles. The maximum absolute atomic E-state index is 2.30. The molecule has 1 aliphatic rings. The predicted octanol–water partition coefficient (Wildman–Crippen LogP) is 2.81. The maximum Gasteiger partial charge on any atom is 0.0519 e. The predicted molar refractivity (Wildman–Crippen MR) is 53.9 cm³/mol. The van der Waals surface area contributed by atoms with E-state index in [1.165, 1.54) is 11.1 Å². The molecule has 1 rings (SSSR count). The van der Waals surface area contributed by atoms with Crippen molar-refractivity contribution < 1.29 is 0 Å². The third-order valence-electron chi connectivity index (χ3n) is 2.70. The molecule has 0 saturated carbocycles. The molecular formula is C11H19N. The molecule has 0 aliphatic carbocycles. The molecule has 0 fully saturated rings. The lowest BCUT2D eigenvalue weighted by atomic mass is 9.90. The Hall–Kier alpha value is -0.720. The number of hydrogen-bond acceptors (Lipinski definition) is 1. The molecule has 12 heavy (non-hydrogen) atoms. The smallest absolute Gasteiger partial charge is 0.0519 e. The molecule has 1 heteroatoms. The molecule has 1 heterocycles. The van der Waals surface area contributed by atoms with Crippen molar-refractivity contribution in [2.45, 2.75) is 33.7 Å². The topological polar surface area (TPSA) is 3.24 Å². The van der Waals surface area contributed by atoms with Gasteiger partial charge in [0.1, 0.15) is 0 Å². The van der Waals surface area contributed by atoms with Gasteiger partial charge < -0.3 is 4.90 Å². The highest BCUT2D eigenvalue weighted by molar-refractivity contribution is 5.30. The zero-order valence-corrected chi connectivity index (χ0v) is 8.76. The largest absolute Gasteiger partial charge is 0.373 e. The summed E-state index contributed by atoms with van der Waals surface area (Å²) in [4.78, 5) is 2.30. The van der Waals surface area contributed by atoms with E-state index in [4.69, 9.17) is 0 Å². The van der Waals surface area contributed by atoms with Crippen LogP contribution in [0.15, 0.2) is 23.4 Å². The van der Waals surface area contributed by atoms with E-state index in [-0.39, 0.29) is 0 Å². The zero-order chi connectivity index (χ0) is 9.30. The molecule has 0 aromatic carbocycles. The van der Waals surface area contributed by atoms with Gasteiger partial charge in [-0.2, -0.15) is 0 Å². The fraction of sp³-hybridized carbons (Fsp3) is 0.636. The lowest BCUT2D eigenvalue weighted by Crippen LogP contribution is -2.35. The standard InChI is InChI=1S/C11H19N/c1-8(2)11-10(4)9(3)6-7-12(11)5/h6-8,11H,1-5H3/t11-/m1/s1. The van der Waals surface area contributed by atoms with E-state index in [0.29, 0.717) is 12.0 Å². The highest BCUT2D eigenvalue weighted by atomic mass is 15.1. The Labute approximate surface area is 75.8 Å². The number of allylic oxidation sites excluding steroid dienone is 2. The second-order valence-electron chi connectivity index (χ2n) is 4.04. The SMILES string of the molecule is CC1=C(C)[C@@H](C(C)C)N(C)C=C1. The minimum Gasteiger partial charge on any atom is -0.373 e. The molecule has 68 valence electrons. The van der Waals surface area contributed by atoms with Gasteiger partial charge in [-0.3, -0.25) is 0 Å². The lowest BCUT2D eigenvalue weighted by Gasteiger charge is -2.34. The van der Waals surface area contributed by atoms with Crippen LogP contribution in [0.3, 0.4) is 0 Å². The number of rotatable bonds is 1. The minimum absolute atomic E-state index is 0.593. The van der Waals surface area contributed by atoms with Crippen LogP contribution < -0.4 is 0 Å². The number of hydrogen-bond donors (Lipinski definition) is 0. The fourth-order valence-electron chi connectivity index (χ4n) is 1.96. The van der Waals surface area contributed by atoms with Crippen molar-refractivity contribution in [3.63, 3.8) is 0 Å². The lowest BCUT2D eigenvalue weighted by molar-refractivity contribution is 0.290. The van der Waals surface area contributed by atoms with Crippen molar-refractivity contribution in [3.05, 3.63) is 23.4 Å². The van der Waals surface area contributed by atoms with Gasteiger partial charge in [0.15, 0.2) is 0 Å². The highest BCUT2D eigenvalue weighted by Gasteiger charge is 2.21. The van der Waals surface area contributed by atoms with Gasteiger partial charge in [0.25, 0.3) is 0 Å². The highest BCUT2D eigenvalue weighted by Crippen LogP contribution is 2.25. The molecule has 0 amide bonds. The first-order valence-electron chi connectivity index (χ1n) is 4.61. The molecule has 1 nitrogen and oxygen atoms in total. The number of likely N-dealkylation sites (N-methyl/N-ethyl adjacent to an activating group) is 1. The Bertz CT molecular complexity index is 223. The van der Waals surface area contributed by atoms with Crippen molar-refractivity contribution in [2.24, 2.45) is 5.92 Å². The van der Waals surface area contributed by atoms with Crippen molar-refractivity contribution in [1.29, 1.82) is 0 Å². The quantitative estimate of drug-likeness (QED) is 0.577. The second-order valence-corrected chi connectivity index (χ2v) is 4.04. The van der Waals surface area contributed by atoms with Gasteiger partial charge in [0.2, 0.25) is 0 Å². The first-order chi connectivity index (χ1) is 5.54. The van der Waals surface area contributed by atoms with Crippen LogP contribution >= 0.6 is 0 Å². The molecule has 0 unspecified atom stereocenters. The van der Waals surface area contributed by atoms with Crippen LogP contribution in [0.4, 0.5) is 0 Å². The molecular weight excluding hydrogens is 146 g/mol. The molecule has 0 aromatic rings. The molecule has 0 aromatic heterocycles. The van der Waals surface area contributed by atoms with Crippen LogP contribution in [-0.4, -0.2) is 18.0 Å². The first kappa shape index (κ1) is 9.37. The van der Waals surface area contributed by atoms with E-state index in [2.05, 4.69) is 51.9 Å². The van der Waals surface area contributed by atoms with E-state index < -0.39 is 0 Å². The first-order valence-corrected chi connectivity index (χ1v) is 4.61. The van der Waals surface area contributed by atoms with Crippen LogP contribution in [0, 0.1) is 5.92 Å². The van der Waals surface area contributed by atoms with Gasteiger partial charge in [-0.25, -0.2) is 0 Å². The van der Waals surface area contributed by atoms with Gasteiger partial charge in [-0.1, -0.05) is 13.8 Å². The Morgan fingerprint density at radius 3 is 2.33 bits per heavy atom. The molecule has 0 bridgehead atoms. The fourth-order valence-corrected chi connectivity index (χ4v) is 1.96. The average molecular weight is 165 g/mol. The third-order valence-corrected chi connectivity index (χ3v) is 2.70. The maximum atomic E-state index is 2.30. The average Bonchev–Trinajstić information content (AvgIpc) is 1.97. The van der Waals surface area contributed by atoms with Gasteiger partial charge >= 0.3 is 0 Å². The number of nitrogens with zero attached hydrogens (tertiary/aromatic N) is 1. The van der Waals surface area contributed by atoms with Crippen LogP contribution in [0.1, 0.15) is 27.7 Å². The summed E-state index contributed by atoms with van der Waals surface area (Å²) in [5, 5.41) is 0. The van der Waals surface area contributed by atoms with E-state index in [0.717, 1.165) is 0 Å². The van der Waals surface area contributed by atoms with E-state index in [9.17, 15) is 0 Å². The zero-order valence-electron chi connectivity index (χ0n) is 8.76. The molecule has 0 N–H and O–H groups in total. The van der Waals surface area contributed by atoms with E-state index >= 15 is 0 Å². The van der Waals surface area contributed by atoms with Crippen LogP contribution in [0.25, 0.3) is 0 Å². The van der Waals surface area contributed by atoms with Crippen molar-refractivity contribution in [1.82, 2.24) is 4.90 Å². The second kappa shape index (κ2) is 3.34. The summed E-state index contributed by atoms with van der Waals surface area (Å²) in [5.41, 5.74) is 2.93. The van der Waals surface area contributed by atoms with Gasteiger partial charge in [0.05, 0.1) is 6.04 Å². The Balaban J connectivity index is 2.92. The van der Waals surface area contributed by atoms with Crippen molar-refractivity contribution in [3.8, 4) is 0 Å². The Morgan fingerprint density at radius 2 is 1.92 bits per heavy atom. The summed E-state index contributed by atoms with van der Waals surface area (Å²) in [6.07, 6.45) is 4.36. The summed E-state index contributed by atoms with van der Waals surface area (Å²) >= 11 is 0. The van der Waals surface area contributed by atoms with Crippen LogP contribution in [-0.2, 0) is 0 Å². The van der Waals surface area contributed by atoms with Gasteiger partial charge in [-0.15, -0.1) is 0 Å². The molecule has 0 radical (unpaired) electrons. The summed E-state index contributed by atoms with van der Waals surface area (Å²) in [7, 11) is 2.15. The molecule has 0 spiro atoms.